The first-order valence-electron chi connectivity index (χ1n) is 12.7. The monoisotopic (exact) mass is 519 g/mol. The van der Waals surface area contributed by atoms with Gasteiger partial charge in [0.05, 0.1) is 17.1 Å². The van der Waals surface area contributed by atoms with Gasteiger partial charge in [0.1, 0.15) is 5.75 Å². The van der Waals surface area contributed by atoms with Gasteiger partial charge >= 0.3 is 0 Å². The van der Waals surface area contributed by atoms with Crippen LogP contribution in [-0.2, 0) is 27.9 Å². The summed E-state index contributed by atoms with van der Waals surface area (Å²) in [6.07, 6.45) is 1.47. The minimum atomic E-state index is -3.89. The van der Waals surface area contributed by atoms with Crippen LogP contribution >= 0.6 is 0 Å². The van der Waals surface area contributed by atoms with E-state index in [2.05, 4.69) is 16.3 Å². The fourth-order valence-corrected chi connectivity index (χ4v) is 6.40. The highest BCUT2D eigenvalue weighted by Gasteiger charge is 2.37. The van der Waals surface area contributed by atoms with Crippen LogP contribution in [0.5, 0.6) is 5.75 Å². The molecule has 0 bridgehead atoms. The Balaban J connectivity index is 1.36. The summed E-state index contributed by atoms with van der Waals surface area (Å²) in [5.74, 6) is 0.0451. The van der Waals surface area contributed by atoms with E-state index in [1.54, 1.807) is 36.4 Å². The van der Waals surface area contributed by atoms with E-state index in [0.29, 0.717) is 18.0 Å². The van der Waals surface area contributed by atoms with Crippen LogP contribution in [0.1, 0.15) is 35.1 Å². The van der Waals surface area contributed by atoms with Crippen LogP contribution in [0.15, 0.2) is 71.6 Å². The average molecular weight is 520 g/mol. The summed E-state index contributed by atoms with van der Waals surface area (Å²) < 4.78 is 34.6. The Morgan fingerprint density at radius 2 is 1.62 bits per heavy atom. The van der Waals surface area contributed by atoms with E-state index in [9.17, 15) is 13.2 Å². The van der Waals surface area contributed by atoms with Crippen molar-refractivity contribution in [2.45, 2.75) is 50.8 Å². The number of hydrogen-bond donors (Lipinski definition) is 1. The van der Waals surface area contributed by atoms with E-state index >= 15 is 0 Å². The maximum absolute atomic E-state index is 13.6. The fourth-order valence-electron chi connectivity index (χ4n) is 4.92. The van der Waals surface area contributed by atoms with Gasteiger partial charge in [-0.1, -0.05) is 48.0 Å². The molecule has 1 atom stereocenters. The first-order valence-corrected chi connectivity index (χ1v) is 14.2. The van der Waals surface area contributed by atoms with Crippen molar-refractivity contribution >= 4 is 21.6 Å². The number of carbonyl (C=O) groups excluding carboxylic acids is 1. The van der Waals surface area contributed by atoms with Crippen molar-refractivity contribution in [2.24, 2.45) is 0 Å². The van der Waals surface area contributed by atoms with Crippen molar-refractivity contribution in [3.63, 3.8) is 0 Å². The largest absolute Gasteiger partial charge is 0.476 e. The highest BCUT2D eigenvalue weighted by molar-refractivity contribution is 7.92. The van der Waals surface area contributed by atoms with Gasteiger partial charge in [-0.15, -0.1) is 0 Å². The number of fused-ring (bicyclic) bond motifs is 1. The third-order valence-corrected chi connectivity index (χ3v) is 8.84. The quantitative estimate of drug-likeness (QED) is 0.507. The maximum atomic E-state index is 13.6. The van der Waals surface area contributed by atoms with E-state index in [-0.39, 0.29) is 17.3 Å². The number of likely N-dealkylation sites (tertiary alicyclic amines) is 1. The second-order valence-corrected chi connectivity index (χ2v) is 11.8. The second-order valence-electron chi connectivity index (χ2n) is 9.90. The van der Waals surface area contributed by atoms with Gasteiger partial charge in [-0.3, -0.25) is 14.0 Å². The molecule has 1 amide bonds. The molecule has 3 aromatic carbocycles. The topological polar surface area (TPSA) is 79.0 Å². The van der Waals surface area contributed by atoms with Crippen LogP contribution in [0.3, 0.4) is 0 Å². The average Bonchev–Trinajstić information content (AvgIpc) is 3.40. The lowest BCUT2D eigenvalue weighted by Gasteiger charge is -2.35. The van der Waals surface area contributed by atoms with Crippen molar-refractivity contribution in [2.75, 3.05) is 23.9 Å². The summed E-state index contributed by atoms with van der Waals surface area (Å²) >= 11 is 0. The SMILES string of the molecule is Cc1ccc(S(=O)(=O)N2C[C@@H](C(=O)NCc3ccccc3CN3CCCC3)Oc3cc(C)ccc32)cc1. The van der Waals surface area contributed by atoms with Crippen LogP contribution in [0, 0.1) is 13.8 Å². The molecule has 0 radical (unpaired) electrons. The molecule has 0 unspecified atom stereocenters. The van der Waals surface area contributed by atoms with Crippen molar-refractivity contribution in [1.29, 1.82) is 0 Å². The second kappa shape index (κ2) is 10.6. The van der Waals surface area contributed by atoms with Crippen molar-refractivity contribution in [1.82, 2.24) is 10.2 Å². The number of sulfonamides is 1. The predicted molar refractivity (Wildman–Crippen MR) is 144 cm³/mol. The molecule has 3 aromatic rings. The molecule has 1 N–H and O–H groups in total. The van der Waals surface area contributed by atoms with Crippen LogP contribution < -0.4 is 14.4 Å². The van der Waals surface area contributed by atoms with Gasteiger partial charge in [0.25, 0.3) is 15.9 Å². The molecule has 2 heterocycles. The number of carbonyl (C=O) groups is 1. The van der Waals surface area contributed by atoms with Crippen LogP contribution in [0.4, 0.5) is 5.69 Å². The van der Waals surface area contributed by atoms with Crippen LogP contribution in [0.2, 0.25) is 0 Å². The summed E-state index contributed by atoms with van der Waals surface area (Å²) in [7, 11) is -3.89. The molecular formula is C29H33N3O4S. The summed E-state index contributed by atoms with van der Waals surface area (Å²) in [6, 6.07) is 20.2. The van der Waals surface area contributed by atoms with Gasteiger partial charge in [0.15, 0.2) is 6.10 Å². The number of hydrogen-bond acceptors (Lipinski definition) is 5. The fraction of sp³-hybridized carbons (Fsp3) is 0.345. The number of rotatable bonds is 7. The Morgan fingerprint density at radius 1 is 0.946 bits per heavy atom. The predicted octanol–water partition coefficient (Wildman–Crippen LogP) is 4.17. The molecule has 0 aliphatic carbocycles. The lowest BCUT2D eigenvalue weighted by molar-refractivity contribution is -0.127. The first kappa shape index (κ1) is 25.3. The summed E-state index contributed by atoms with van der Waals surface area (Å²) in [6.45, 7) is 7.13. The Bertz CT molecular complexity index is 1380. The summed E-state index contributed by atoms with van der Waals surface area (Å²) in [5, 5.41) is 2.99. The Morgan fingerprint density at radius 3 is 2.35 bits per heavy atom. The molecular weight excluding hydrogens is 486 g/mol. The number of anilines is 1. The number of amides is 1. The standard InChI is InChI=1S/C29H33N3O4S/c1-21-9-12-25(13-10-21)37(34,35)32-20-28(36-27-17-22(2)11-14-26(27)32)29(33)30-18-23-7-3-4-8-24(23)19-31-15-5-6-16-31/h3-4,7-14,17,28H,5-6,15-16,18-20H2,1-2H3,(H,30,33)/t28-/m0/s1. The molecule has 194 valence electrons. The molecule has 0 aromatic heterocycles. The van der Waals surface area contributed by atoms with E-state index in [4.69, 9.17) is 4.74 Å². The van der Waals surface area contributed by atoms with Crippen LogP contribution in [-0.4, -0.2) is 45.0 Å². The molecule has 2 aliphatic rings. The van der Waals surface area contributed by atoms with Crippen molar-refractivity contribution in [3.8, 4) is 5.75 Å². The summed E-state index contributed by atoms with van der Waals surface area (Å²) in [4.78, 5) is 15.9. The molecule has 1 saturated heterocycles. The smallest absolute Gasteiger partial charge is 0.264 e. The Labute approximate surface area is 219 Å². The van der Waals surface area contributed by atoms with Gasteiger partial charge in [-0.25, -0.2) is 8.42 Å². The zero-order valence-electron chi connectivity index (χ0n) is 21.3. The molecule has 5 rings (SSSR count). The van der Waals surface area contributed by atoms with Gasteiger partial charge in [-0.2, -0.15) is 0 Å². The third kappa shape index (κ3) is 5.50. The lowest BCUT2D eigenvalue weighted by Crippen LogP contribution is -2.50. The number of nitrogens with zero attached hydrogens (tertiary/aromatic N) is 2. The Kier molecular flexibility index (Phi) is 7.22. The van der Waals surface area contributed by atoms with E-state index < -0.39 is 16.1 Å². The third-order valence-electron chi connectivity index (χ3n) is 7.05. The van der Waals surface area contributed by atoms with E-state index in [1.807, 2.05) is 38.1 Å². The minimum absolute atomic E-state index is 0.104. The highest BCUT2D eigenvalue weighted by Crippen LogP contribution is 2.37. The number of benzene rings is 3. The van der Waals surface area contributed by atoms with Crippen molar-refractivity contribution < 1.29 is 17.9 Å². The van der Waals surface area contributed by atoms with Crippen molar-refractivity contribution in [3.05, 3.63) is 89.0 Å². The zero-order chi connectivity index (χ0) is 26.0. The van der Waals surface area contributed by atoms with E-state index in [1.165, 1.54) is 22.7 Å². The summed E-state index contributed by atoms with van der Waals surface area (Å²) in [5.41, 5.74) is 4.58. The number of aryl methyl sites for hydroxylation is 2. The minimum Gasteiger partial charge on any atom is -0.476 e. The lowest BCUT2D eigenvalue weighted by atomic mass is 10.1. The molecule has 0 spiro atoms. The molecule has 2 aliphatic heterocycles. The van der Waals surface area contributed by atoms with Gasteiger partial charge < -0.3 is 10.1 Å². The normalized spacial score (nSPS) is 17.8. The molecule has 37 heavy (non-hydrogen) atoms. The van der Waals surface area contributed by atoms with Crippen LogP contribution in [0.25, 0.3) is 0 Å². The Hall–Kier alpha value is -3.36. The molecule has 0 saturated carbocycles. The number of ether oxygens (including phenoxy) is 1. The zero-order valence-corrected chi connectivity index (χ0v) is 22.1. The highest BCUT2D eigenvalue weighted by atomic mass is 32.2. The first-order chi connectivity index (χ1) is 17.8. The van der Waals surface area contributed by atoms with Gasteiger partial charge in [0, 0.05) is 13.1 Å². The molecule has 7 nitrogen and oxygen atoms in total. The van der Waals surface area contributed by atoms with Gasteiger partial charge in [-0.05, 0) is 80.7 Å². The molecule has 8 heteroatoms. The maximum Gasteiger partial charge on any atom is 0.264 e. The van der Waals surface area contributed by atoms with E-state index in [0.717, 1.165) is 36.3 Å². The van der Waals surface area contributed by atoms with Gasteiger partial charge in [0.2, 0.25) is 0 Å². The number of nitrogens with one attached hydrogen (secondary N) is 1. The molecule has 1 fully saturated rings.